The smallest absolute Gasteiger partial charge is 0.328 e. The fraction of sp³-hybridized carbons (Fsp3) is 0.333. The highest BCUT2D eigenvalue weighted by Crippen LogP contribution is 2.33. The first kappa shape index (κ1) is 14.3. The van der Waals surface area contributed by atoms with Crippen molar-refractivity contribution in [1.29, 1.82) is 0 Å². The molecule has 5 nitrogen and oxygen atoms in total. The number of aliphatic hydroxyl groups excluding tert-OH is 1. The number of carboxylic acids is 1. The lowest BCUT2D eigenvalue weighted by Crippen LogP contribution is -2.39. The van der Waals surface area contributed by atoms with Gasteiger partial charge in [0.1, 0.15) is 0 Å². The minimum Gasteiger partial charge on any atom is -0.480 e. The molecule has 1 rings (SSSR count). The number of nitrogens with zero attached hydrogens (tertiary/aromatic N) is 1. The van der Waals surface area contributed by atoms with Gasteiger partial charge >= 0.3 is 5.97 Å². The second-order valence-electron chi connectivity index (χ2n) is 3.88. The van der Waals surface area contributed by atoms with Crippen LogP contribution in [-0.2, 0) is 4.79 Å². The van der Waals surface area contributed by atoms with Crippen LogP contribution in [0.5, 0.6) is 0 Å². The molecule has 0 heterocycles. The van der Waals surface area contributed by atoms with Crippen molar-refractivity contribution >= 4 is 28.9 Å². The minimum absolute atomic E-state index is 0.282. The van der Waals surface area contributed by atoms with Gasteiger partial charge in [-0.3, -0.25) is 0 Å². The zero-order valence-electron chi connectivity index (χ0n) is 9.94. The molecule has 1 aromatic rings. The van der Waals surface area contributed by atoms with Crippen LogP contribution in [0.15, 0.2) is 12.1 Å². The van der Waals surface area contributed by atoms with E-state index in [1.54, 1.807) is 13.0 Å². The standard InChI is InChI=1S/C12H13ClN2O3/c1-6-8(4-5-9(14-3)10(6)13)15-11(7(2)16)12(17)18/h4-5,7,11,15-16H,1-2H3,(H,17,18)/t7-,11+/m0/s1. The average Bonchev–Trinajstić information content (AvgIpc) is 2.30. The summed E-state index contributed by atoms with van der Waals surface area (Å²) >= 11 is 5.98. The molecule has 0 aromatic heterocycles. The van der Waals surface area contributed by atoms with Crippen molar-refractivity contribution in [2.24, 2.45) is 0 Å². The number of benzene rings is 1. The first-order valence-electron chi connectivity index (χ1n) is 5.22. The fourth-order valence-corrected chi connectivity index (χ4v) is 1.68. The number of anilines is 1. The quantitative estimate of drug-likeness (QED) is 0.734. The van der Waals surface area contributed by atoms with Crippen LogP contribution in [0.2, 0.25) is 5.02 Å². The molecule has 0 aliphatic carbocycles. The molecule has 96 valence electrons. The van der Waals surface area contributed by atoms with E-state index >= 15 is 0 Å². The van der Waals surface area contributed by atoms with Crippen molar-refractivity contribution in [2.45, 2.75) is 26.0 Å². The van der Waals surface area contributed by atoms with Crippen molar-refractivity contribution in [3.05, 3.63) is 34.1 Å². The van der Waals surface area contributed by atoms with Gasteiger partial charge in [0.05, 0.1) is 17.7 Å². The molecule has 0 unspecified atom stereocenters. The molecular weight excluding hydrogens is 256 g/mol. The number of aliphatic hydroxyl groups is 1. The lowest BCUT2D eigenvalue weighted by atomic mass is 10.1. The molecule has 0 saturated heterocycles. The summed E-state index contributed by atoms with van der Waals surface area (Å²) in [6, 6.07) is 1.96. The highest BCUT2D eigenvalue weighted by atomic mass is 35.5. The van der Waals surface area contributed by atoms with Crippen molar-refractivity contribution in [3.8, 4) is 0 Å². The molecule has 0 saturated carbocycles. The predicted molar refractivity (Wildman–Crippen MR) is 69.2 cm³/mol. The second kappa shape index (κ2) is 5.71. The summed E-state index contributed by atoms with van der Waals surface area (Å²) in [6.07, 6.45) is -1.05. The van der Waals surface area contributed by atoms with E-state index in [1.165, 1.54) is 13.0 Å². The monoisotopic (exact) mass is 268 g/mol. The summed E-state index contributed by atoms with van der Waals surface area (Å²) in [5, 5.41) is 21.3. The van der Waals surface area contributed by atoms with Crippen LogP contribution in [0.4, 0.5) is 11.4 Å². The molecule has 0 aliphatic rings. The van der Waals surface area contributed by atoms with E-state index in [-0.39, 0.29) is 5.02 Å². The van der Waals surface area contributed by atoms with Crippen LogP contribution in [0.1, 0.15) is 12.5 Å². The van der Waals surface area contributed by atoms with Crippen LogP contribution in [0.25, 0.3) is 4.85 Å². The Balaban J connectivity index is 3.09. The van der Waals surface area contributed by atoms with E-state index in [9.17, 15) is 9.90 Å². The number of aliphatic carboxylic acids is 1. The molecule has 0 fully saturated rings. The fourth-order valence-electron chi connectivity index (χ4n) is 1.47. The highest BCUT2D eigenvalue weighted by Gasteiger charge is 2.23. The Bertz CT molecular complexity index is 509. The van der Waals surface area contributed by atoms with Crippen LogP contribution in [0.3, 0.4) is 0 Å². The SMILES string of the molecule is [C-]#[N+]c1ccc(N[C@@H](C(=O)O)[C@H](C)O)c(C)c1Cl. The van der Waals surface area contributed by atoms with Gasteiger partial charge in [0, 0.05) is 5.69 Å². The molecule has 0 radical (unpaired) electrons. The van der Waals surface area contributed by atoms with Gasteiger partial charge in [0.15, 0.2) is 6.04 Å². The molecule has 0 aliphatic heterocycles. The molecule has 0 spiro atoms. The molecule has 0 bridgehead atoms. The molecule has 6 heteroatoms. The summed E-state index contributed by atoms with van der Waals surface area (Å²) < 4.78 is 0. The maximum atomic E-state index is 11.0. The van der Waals surface area contributed by atoms with E-state index in [1.807, 2.05) is 0 Å². The Labute approximate surface area is 110 Å². The Kier molecular flexibility index (Phi) is 4.54. The lowest BCUT2D eigenvalue weighted by Gasteiger charge is -2.20. The van der Waals surface area contributed by atoms with Crippen LogP contribution in [0, 0.1) is 13.5 Å². The minimum atomic E-state index is -1.16. The second-order valence-corrected chi connectivity index (χ2v) is 4.26. The van der Waals surface area contributed by atoms with Gasteiger partial charge in [-0.2, -0.15) is 0 Å². The van der Waals surface area contributed by atoms with Crippen molar-refractivity contribution < 1.29 is 15.0 Å². The molecule has 3 N–H and O–H groups in total. The van der Waals surface area contributed by atoms with Crippen LogP contribution < -0.4 is 5.32 Å². The van der Waals surface area contributed by atoms with Gasteiger partial charge in [-0.05, 0) is 25.5 Å². The molecule has 0 amide bonds. The zero-order valence-corrected chi connectivity index (χ0v) is 10.7. The normalized spacial score (nSPS) is 13.5. The molecule has 2 atom stereocenters. The Morgan fingerprint density at radius 1 is 1.56 bits per heavy atom. The largest absolute Gasteiger partial charge is 0.480 e. The Morgan fingerprint density at radius 3 is 2.61 bits per heavy atom. The lowest BCUT2D eigenvalue weighted by molar-refractivity contribution is -0.140. The zero-order chi connectivity index (χ0) is 13.9. The third kappa shape index (κ3) is 2.92. The van der Waals surface area contributed by atoms with Crippen LogP contribution in [-0.4, -0.2) is 28.3 Å². The van der Waals surface area contributed by atoms with Crippen molar-refractivity contribution in [1.82, 2.24) is 0 Å². The predicted octanol–water partition coefficient (Wildman–Crippen LogP) is 2.45. The third-order valence-corrected chi connectivity index (χ3v) is 3.02. The summed E-state index contributed by atoms with van der Waals surface area (Å²) in [4.78, 5) is 14.2. The third-order valence-electron chi connectivity index (χ3n) is 2.55. The molecular formula is C12H13ClN2O3. The maximum Gasteiger partial charge on any atom is 0.328 e. The average molecular weight is 269 g/mol. The maximum absolute atomic E-state index is 11.0. The Morgan fingerprint density at radius 2 is 2.17 bits per heavy atom. The molecule has 18 heavy (non-hydrogen) atoms. The van der Waals surface area contributed by atoms with Crippen LogP contribution >= 0.6 is 11.6 Å². The summed E-state index contributed by atoms with van der Waals surface area (Å²) in [7, 11) is 0. The van der Waals surface area contributed by atoms with E-state index in [2.05, 4.69) is 10.2 Å². The summed E-state index contributed by atoms with van der Waals surface area (Å²) in [5.74, 6) is -1.16. The van der Waals surface area contributed by atoms with E-state index in [0.717, 1.165) is 0 Å². The van der Waals surface area contributed by atoms with Gasteiger partial charge < -0.3 is 15.5 Å². The number of hydrogen-bond donors (Lipinski definition) is 3. The van der Waals surface area contributed by atoms with Gasteiger partial charge in [-0.25, -0.2) is 9.64 Å². The number of nitrogens with one attached hydrogen (secondary N) is 1. The summed E-state index contributed by atoms with van der Waals surface area (Å²) in [6.45, 7) is 9.98. The van der Waals surface area contributed by atoms with Gasteiger partial charge in [-0.1, -0.05) is 17.7 Å². The van der Waals surface area contributed by atoms with Gasteiger partial charge in [0.2, 0.25) is 5.69 Å². The first-order chi connectivity index (χ1) is 8.38. The molecule has 1 aromatic carbocycles. The van der Waals surface area contributed by atoms with E-state index < -0.39 is 18.1 Å². The van der Waals surface area contributed by atoms with Crippen molar-refractivity contribution in [2.75, 3.05) is 5.32 Å². The van der Waals surface area contributed by atoms with Crippen molar-refractivity contribution in [3.63, 3.8) is 0 Å². The number of carbonyl (C=O) groups is 1. The number of halogens is 1. The summed E-state index contributed by atoms with van der Waals surface area (Å²) in [5.41, 5.74) is 1.38. The van der Waals surface area contributed by atoms with Gasteiger partial charge in [-0.15, -0.1) is 0 Å². The highest BCUT2D eigenvalue weighted by molar-refractivity contribution is 6.34. The number of hydrogen-bond acceptors (Lipinski definition) is 3. The number of rotatable bonds is 4. The van der Waals surface area contributed by atoms with E-state index in [4.69, 9.17) is 23.3 Å². The Hall–Kier alpha value is -1.77. The van der Waals surface area contributed by atoms with E-state index in [0.29, 0.717) is 16.9 Å². The topological polar surface area (TPSA) is 73.9 Å². The first-order valence-corrected chi connectivity index (χ1v) is 5.60. The van der Waals surface area contributed by atoms with Gasteiger partial charge in [0.25, 0.3) is 0 Å². The number of carboxylic acid groups (broad SMARTS) is 1.